The van der Waals surface area contributed by atoms with Crippen molar-refractivity contribution in [2.24, 2.45) is 17.8 Å². The van der Waals surface area contributed by atoms with Gasteiger partial charge in [0.2, 0.25) is 0 Å². The minimum Gasteiger partial charge on any atom is -0.399 e. The molecule has 0 aromatic heterocycles. The molecule has 0 heterocycles. The van der Waals surface area contributed by atoms with E-state index in [0.717, 1.165) is 30.0 Å². The lowest BCUT2D eigenvalue weighted by molar-refractivity contribution is 0.348. The molecule has 0 radical (unpaired) electrons. The number of nitrogens with two attached hydrogens (primary N) is 1. The summed E-state index contributed by atoms with van der Waals surface area (Å²) in [5.41, 5.74) is 7.85. The maximum Gasteiger partial charge on any atom is 0.0477 e. The predicted octanol–water partition coefficient (Wildman–Crippen LogP) is 3.72. The molecule has 0 spiro atoms. The van der Waals surface area contributed by atoms with E-state index in [-0.39, 0.29) is 0 Å². The van der Waals surface area contributed by atoms with E-state index in [1.807, 2.05) is 12.1 Å². The molecule has 2 aliphatic rings. The van der Waals surface area contributed by atoms with Gasteiger partial charge in [-0.2, -0.15) is 0 Å². The van der Waals surface area contributed by atoms with E-state index in [4.69, 9.17) is 5.73 Å². The van der Waals surface area contributed by atoms with Gasteiger partial charge in [-0.25, -0.2) is 0 Å². The first-order valence-electron chi connectivity index (χ1n) is 6.51. The monoisotopic (exact) mass is 342 g/mol. The molecule has 0 saturated heterocycles. The lowest BCUT2D eigenvalue weighted by Gasteiger charge is -2.22. The van der Waals surface area contributed by atoms with Gasteiger partial charge in [-0.15, -0.1) is 0 Å². The molecule has 0 aliphatic heterocycles. The van der Waals surface area contributed by atoms with Crippen LogP contribution in [-0.4, -0.2) is 6.54 Å². The highest BCUT2D eigenvalue weighted by Gasteiger charge is 2.38. The third-order valence-electron chi connectivity index (χ3n) is 4.43. The van der Waals surface area contributed by atoms with Crippen LogP contribution in [0.2, 0.25) is 0 Å². The maximum atomic E-state index is 5.76. The Morgan fingerprint density at radius 1 is 1.29 bits per heavy atom. The number of nitrogen functional groups attached to an aromatic ring is 1. The Morgan fingerprint density at radius 3 is 2.82 bits per heavy atom. The van der Waals surface area contributed by atoms with E-state index >= 15 is 0 Å². The molecule has 2 saturated carbocycles. The van der Waals surface area contributed by atoms with Crippen LogP contribution in [0.4, 0.5) is 11.4 Å². The molecule has 92 valence electrons. The third kappa shape index (κ3) is 2.39. The summed E-state index contributed by atoms with van der Waals surface area (Å²) in [7, 11) is 0. The summed E-state index contributed by atoms with van der Waals surface area (Å²) in [5, 5.41) is 3.60. The van der Waals surface area contributed by atoms with Crippen molar-refractivity contribution in [2.75, 3.05) is 17.6 Å². The summed E-state index contributed by atoms with van der Waals surface area (Å²) in [6.45, 7) is 1.14. The molecule has 3 heteroatoms. The van der Waals surface area contributed by atoms with Gasteiger partial charge in [0.25, 0.3) is 0 Å². The van der Waals surface area contributed by atoms with Crippen molar-refractivity contribution < 1.29 is 0 Å². The summed E-state index contributed by atoms with van der Waals surface area (Å²) in [5.74, 6) is 2.94. The Bertz CT molecular complexity index is 419. The van der Waals surface area contributed by atoms with Gasteiger partial charge >= 0.3 is 0 Å². The second-order valence-electron chi connectivity index (χ2n) is 5.56. The fourth-order valence-electron chi connectivity index (χ4n) is 3.54. The highest BCUT2D eigenvalue weighted by molar-refractivity contribution is 14.1. The summed E-state index contributed by atoms with van der Waals surface area (Å²) < 4.78 is 1.23. The van der Waals surface area contributed by atoms with Crippen LogP contribution in [-0.2, 0) is 0 Å². The van der Waals surface area contributed by atoms with Gasteiger partial charge in [-0.1, -0.05) is 6.42 Å². The van der Waals surface area contributed by atoms with Crippen LogP contribution in [0.25, 0.3) is 0 Å². The fourth-order valence-corrected chi connectivity index (χ4v) is 4.27. The van der Waals surface area contributed by atoms with Crippen LogP contribution in [0, 0.1) is 21.3 Å². The molecule has 2 bridgehead atoms. The van der Waals surface area contributed by atoms with E-state index in [9.17, 15) is 0 Å². The number of fused-ring (bicyclic) bond motifs is 2. The molecule has 3 unspecified atom stereocenters. The van der Waals surface area contributed by atoms with Crippen molar-refractivity contribution in [3.05, 3.63) is 21.8 Å². The van der Waals surface area contributed by atoms with Crippen molar-refractivity contribution in [1.82, 2.24) is 0 Å². The van der Waals surface area contributed by atoms with Crippen LogP contribution in [0.5, 0.6) is 0 Å². The number of benzene rings is 1. The molecule has 2 aliphatic carbocycles. The van der Waals surface area contributed by atoms with E-state index in [2.05, 4.69) is 34.0 Å². The van der Waals surface area contributed by atoms with Crippen LogP contribution < -0.4 is 11.1 Å². The molecular weight excluding hydrogens is 323 g/mol. The van der Waals surface area contributed by atoms with Gasteiger partial charge in [-0.05, 0) is 77.8 Å². The average Bonchev–Trinajstić information content (AvgIpc) is 2.89. The van der Waals surface area contributed by atoms with E-state index in [1.54, 1.807) is 0 Å². The zero-order valence-corrected chi connectivity index (χ0v) is 12.1. The van der Waals surface area contributed by atoms with E-state index in [1.165, 1.54) is 34.9 Å². The predicted molar refractivity (Wildman–Crippen MR) is 81.0 cm³/mol. The van der Waals surface area contributed by atoms with Gasteiger partial charge in [0.15, 0.2) is 0 Å². The standard InChI is InChI=1S/C14H19IN2/c15-13-7-12(16)3-4-14(13)17-8-11-6-9-1-2-10(11)5-9/h3-4,7,9-11,17H,1-2,5-6,8,16H2. The Balaban J connectivity index is 1.60. The van der Waals surface area contributed by atoms with Crippen molar-refractivity contribution in [3.63, 3.8) is 0 Å². The van der Waals surface area contributed by atoms with Gasteiger partial charge in [0.1, 0.15) is 0 Å². The Kier molecular flexibility index (Phi) is 3.19. The molecule has 1 aromatic carbocycles. The quantitative estimate of drug-likeness (QED) is 0.649. The summed E-state index contributed by atoms with van der Waals surface area (Å²) in [6.07, 6.45) is 5.89. The van der Waals surface area contributed by atoms with Gasteiger partial charge in [0, 0.05) is 21.5 Å². The number of nitrogens with one attached hydrogen (secondary N) is 1. The highest BCUT2D eigenvalue weighted by atomic mass is 127. The lowest BCUT2D eigenvalue weighted by Crippen LogP contribution is -2.20. The van der Waals surface area contributed by atoms with Crippen molar-refractivity contribution >= 4 is 34.0 Å². The smallest absolute Gasteiger partial charge is 0.0477 e. The van der Waals surface area contributed by atoms with Crippen molar-refractivity contribution in [2.45, 2.75) is 25.7 Å². The minimum atomic E-state index is 0.847. The van der Waals surface area contributed by atoms with E-state index < -0.39 is 0 Å². The highest BCUT2D eigenvalue weighted by Crippen LogP contribution is 2.48. The Labute approximate surface area is 116 Å². The van der Waals surface area contributed by atoms with E-state index in [0.29, 0.717) is 0 Å². The molecule has 1 aromatic rings. The SMILES string of the molecule is Nc1ccc(NCC2CC3CCC2C3)c(I)c1. The maximum absolute atomic E-state index is 5.76. The van der Waals surface area contributed by atoms with Crippen LogP contribution in [0.15, 0.2) is 18.2 Å². The molecule has 2 nitrogen and oxygen atoms in total. The molecule has 2 fully saturated rings. The van der Waals surface area contributed by atoms with Gasteiger partial charge in [0.05, 0.1) is 0 Å². The molecule has 17 heavy (non-hydrogen) atoms. The Hall–Kier alpha value is -0.450. The zero-order valence-electron chi connectivity index (χ0n) is 9.95. The second-order valence-corrected chi connectivity index (χ2v) is 6.72. The van der Waals surface area contributed by atoms with Crippen LogP contribution in [0.1, 0.15) is 25.7 Å². The summed E-state index contributed by atoms with van der Waals surface area (Å²) >= 11 is 2.35. The minimum absolute atomic E-state index is 0.847. The molecule has 3 rings (SSSR count). The number of rotatable bonds is 3. The lowest BCUT2D eigenvalue weighted by atomic mass is 9.89. The normalized spacial score (nSPS) is 30.8. The first-order valence-corrected chi connectivity index (χ1v) is 7.59. The van der Waals surface area contributed by atoms with Crippen LogP contribution in [0.3, 0.4) is 0 Å². The molecule has 3 atom stereocenters. The summed E-state index contributed by atoms with van der Waals surface area (Å²) in [4.78, 5) is 0. The van der Waals surface area contributed by atoms with Crippen LogP contribution >= 0.6 is 22.6 Å². The largest absolute Gasteiger partial charge is 0.399 e. The van der Waals surface area contributed by atoms with Gasteiger partial charge in [-0.3, -0.25) is 0 Å². The zero-order chi connectivity index (χ0) is 11.8. The molecule has 0 amide bonds. The fraction of sp³-hybridized carbons (Fsp3) is 0.571. The topological polar surface area (TPSA) is 38.0 Å². The number of hydrogen-bond donors (Lipinski definition) is 2. The van der Waals surface area contributed by atoms with Gasteiger partial charge < -0.3 is 11.1 Å². The Morgan fingerprint density at radius 2 is 2.18 bits per heavy atom. The number of hydrogen-bond acceptors (Lipinski definition) is 2. The average molecular weight is 342 g/mol. The molecule has 3 N–H and O–H groups in total. The number of halogens is 1. The summed E-state index contributed by atoms with van der Waals surface area (Å²) in [6, 6.07) is 6.11. The van der Waals surface area contributed by atoms with Crippen molar-refractivity contribution in [1.29, 1.82) is 0 Å². The first kappa shape index (κ1) is 11.6. The first-order chi connectivity index (χ1) is 8.22. The van der Waals surface area contributed by atoms with Crippen molar-refractivity contribution in [3.8, 4) is 0 Å². The number of anilines is 2. The third-order valence-corrected chi connectivity index (χ3v) is 5.32. The second kappa shape index (κ2) is 4.67. The molecular formula is C14H19IN2.